The number of oxazole rings is 1. The number of para-hydroxylation sites is 2. The third kappa shape index (κ3) is 2.27. The molecule has 3 heterocycles. The Morgan fingerprint density at radius 2 is 2.00 bits per heavy atom. The van der Waals surface area contributed by atoms with Gasteiger partial charge in [-0.3, -0.25) is 9.36 Å². The van der Waals surface area contributed by atoms with E-state index in [0.717, 1.165) is 26.4 Å². The maximum atomic E-state index is 12.6. The van der Waals surface area contributed by atoms with Crippen molar-refractivity contribution in [3.05, 3.63) is 45.1 Å². The largest absolute Gasteiger partial charge is 0.431 e. The monoisotopic (exact) mass is 343 g/mol. The first-order chi connectivity index (χ1) is 11.0. The first kappa shape index (κ1) is 14.5. The first-order valence-corrected chi connectivity index (χ1v) is 8.68. The molecule has 0 fully saturated rings. The molecule has 0 bridgehead atoms. The zero-order chi connectivity index (χ0) is 16.1. The second-order valence-corrected chi connectivity index (χ2v) is 7.39. The van der Waals surface area contributed by atoms with Crippen LogP contribution in [0.5, 0.6) is 0 Å². The maximum absolute atomic E-state index is 12.6. The van der Waals surface area contributed by atoms with E-state index in [0.29, 0.717) is 15.8 Å². The van der Waals surface area contributed by atoms with E-state index in [1.807, 2.05) is 38.1 Å². The fourth-order valence-corrected chi connectivity index (χ4v) is 4.29. The molecular weight excluding hydrogens is 330 g/mol. The van der Waals surface area contributed by atoms with Crippen LogP contribution in [-0.4, -0.2) is 14.5 Å². The smallest absolute Gasteiger partial charge is 0.264 e. The molecule has 4 rings (SSSR count). The average Bonchev–Trinajstić information content (AvgIpc) is 3.05. The van der Waals surface area contributed by atoms with Gasteiger partial charge in [0.05, 0.1) is 5.39 Å². The highest BCUT2D eigenvalue weighted by molar-refractivity contribution is 7.99. The van der Waals surface area contributed by atoms with Crippen LogP contribution in [0.3, 0.4) is 0 Å². The predicted molar refractivity (Wildman–Crippen MR) is 92.5 cm³/mol. The molecule has 0 aliphatic carbocycles. The second-order valence-electron chi connectivity index (χ2n) is 5.27. The topological polar surface area (TPSA) is 60.9 Å². The van der Waals surface area contributed by atoms with Crippen molar-refractivity contribution in [3.8, 4) is 0 Å². The summed E-state index contributed by atoms with van der Waals surface area (Å²) < 4.78 is 7.26. The van der Waals surface area contributed by atoms with Crippen molar-refractivity contribution in [1.82, 2.24) is 14.5 Å². The number of fused-ring (bicyclic) bond motifs is 2. The molecule has 0 aliphatic heterocycles. The number of aromatic nitrogens is 3. The lowest BCUT2D eigenvalue weighted by Crippen LogP contribution is -2.19. The van der Waals surface area contributed by atoms with Crippen LogP contribution >= 0.6 is 23.1 Å². The number of rotatable bonds is 2. The minimum absolute atomic E-state index is 0.0320. The van der Waals surface area contributed by atoms with Gasteiger partial charge in [0.25, 0.3) is 10.8 Å². The fraction of sp³-hybridized carbons (Fsp3) is 0.188. The van der Waals surface area contributed by atoms with Gasteiger partial charge >= 0.3 is 0 Å². The molecule has 5 nitrogen and oxygen atoms in total. The molecule has 4 aromatic rings. The van der Waals surface area contributed by atoms with E-state index >= 15 is 0 Å². The van der Waals surface area contributed by atoms with Crippen LogP contribution in [0.25, 0.3) is 21.3 Å². The summed E-state index contributed by atoms with van der Waals surface area (Å²) >= 11 is 2.81. The standard InChI is InChI=1S/C16H13N3O2S2/c1-8-9(2)22-13-12(8)14(20)19(3)15(18-13)23-16-17-10-6-4-5-7-11(10)21-16/h4-7H,1-3H3. The molecule has 0 saturated heterocycles. The molecule has 116 valence electrons. The minimum Gasteiger partial charge on any atom is -0.431 e. The van der Waals surface area contributed by atoms with Crippen molar-refractivity contribution in [1.29, 1.82) is 0 Å². The lowest BCUT2D eigenvalue weighted by molar-refractivity contribution is 0.487. The Labute approximate surface area is 140 Å². The third-order valence-corrected chi connectivity index (χ3v) is 5.82. The van der Waals surface area contributed by atoms with Crippen LogP contribution in [0.1, 0.15) is 10.4 Å². The normalized spacial score (nSPS) is 11.6. The summed E-state index contributed by atoms with van der Waals surface area (Å²) in [5.41, 5.74) is 2.50. The molecule has 23 heavy (non-hydrogen) atoms. The van der Waals surface area contributed by atoms with E-state index in [1.54, 1.807) is 23.0 Å². The van der Waals surface area contributed by atoms with E-state index < -0.39 is 0 Å². The van der Waals surface area contributed by atoms with Crippen LogP contribution in [0.2, 0.25) is 0 Å². The highest BCUT2D eigenvalue weighted by atomic mass is 32.2. The van der Waals surface area contributed by atoms with Crippen molar-refractivity contribution in [2.24, 2.45) is 7.05 Å². The van der Waals surface area contributed by atoms with Gasteiger partial charge in [0.2, 0.25) is 0 Å². The van der Waals surface area contributed by atoms with Crippen molar-refractivity contribution in [3.63, 3.8) is 0 Å². The van der Waals surface area contributed by atoms with Crippen molar-refractivity contribution < 1.29 is 4.42 Å². The summed E-state index contributed by atoms with van der Waals surface area (Å²) in [6.07, 6.45) is 0. The summed E-state index contributed by atoms with van der Waals surface area (Å²) in [6, 6.07) is 7.58. The van der Waals surface area contributed by atoms with E-state index in [4.69, 9.17) is 4.42 Å². The molecule has 7 heteroatoms. The molecule has 0 atom stereocenters. The molecule has 0 amide bonds. The first-order valence-electron chi connectivity index (χ1n) is 7.05. The van der Waals surface area contributed by atoms with Crippen LogP contribution in [0.15, 0.2) is 43.9 Å². The number of benzene rings is 1. The van der Waals surface area contributed by atoms with Gasteiger partial charge < -0.3 is 4.42 Å². The molecule has 3 aromatic heterocycles. The SMILES string of the molecule is Cc1sc2nc(Sc3nc4ccccc4o3)n(C)c(=O)c2c1C. The summed E-state index contributed by atoms with van der Waals surface area (Å²) in [4.78, 5) is 23.5. The molecule has 0 saturated carbocycles. The summed E-state index contributed by atoms with van der Waals surface area (Å²) in [5.74, 6) is 0. The summed E-state index contributed by atoms with van der Waals surface area (Å²) in [5, 5.41) is 1.77. The summed E-state index contributed by atoms with van der Waals surface area (Å²) in [6.45, 7) is 3.97. The van der Waals surface area contributed by atoms with E-state index in [9.17, 15) is 4.79 Å². The number of nitrogens with zero attached hydrogens (tertiary/aromatic N) is 3. The zero-order valence-corrected chi connectivity index (χ0v) is 14.4. The Morgan fingerprint density at radius 3 is 2.78 bits per heavy atom. The number of aryl methyl sites for hydroxylation is 2. The average molecular weight is 343 g/mol. The third-order valence-electron chi connectivity index (χ3n) is 3.82. The Morgan fingerprint density at radius 1 is 1.22 bits per heavy atom. The Kier molecular flexibility index (Phi) is 3.28. The summed E-state index contributed by atoms with van der Waals surface area (Å²) in [7, 11) is 1.73. The molecule has 0 unspecified atom stereocenters. The van der Waals surface area contributed by atoms with Gasteiger partial charge in [0.15, 0.2) is 10.7 Å². The van der Waals surface area contributed by atoms with Crippen molar-refractivity contribution >= 4 is 44.4 Å². The quantitative estimate of drug-likeness (QED) is 0.517. The highest BCUT2D eigenvalue weighted by Crippen LogP contribution is 2.31. The molecule has 0 spiro atoms. The number of hydrogen-bond acceptors (Lipinski definition) is 6. The minimum atomic E-state index is -0.0320. The van der Waals surface area contributed by atoms with Gasteiger partial charge in [-0.1, -0.05) is 12.1 Å². The number of thiophene rings is 1. The molecule has 0 aliphatic rings. The van der Waals surface area contributed by atoms with Gasteiger partial charge in [-0.05, 0) is 31.5 Å². The van der Waals surface area contributed by atoms with Crippen LogP contribution in [-0.2, 0) is 7.05 Å². The Bertz CT molecular complexity index is 1070. The van der Waals surface area contributed by atoms with Gasteiger partial charge in [-0.15, -0.1) is 11.3 Å². The fourth-order valence-electron chi connectivity index (χ4n) is 2.42. The molecular formula is C16H13N3O2S2. The van der Waals surface area contributed by atoms with Gasteiger partial charge in [-0.25, -0.2) is 9.97 Å². The highest BCUT2D eigenvalue weighted by Gasteiger charge is 2.17. The number of hydrogen-bond donors (Lipinski definition) is 0. The van der Waals surface area contributed by atoms with Gasteiger partial charge in [0, 0.05) is 23.7 Å². The second kappa shape index (κ2) is 5.21. The van der Waals surface area contributed by atoms with Crippen molar-refractivity contribution in [2.45, 2.75) is 24.2 Å². The van der Waals surface area contributed by atoms with Gasteiger partial charge in [-0.2, -0.15) is 0 Å². The van der Waals surface area contributed by atoms with E-state index in [2.05, 4.69) is 9.97 Å². The lowest BCUT2D eigenvalue weighted by Gasteiger charge is -2.04. The van der Waals surface area contributed by atoms with Crippen LogP contribution in [0.4, 0.5) is 0 Å². The van der Waals surface area contributed by atoms with Gasteiger partial charge in [0.1, 0.15) is 10.3 Å². The lowest BCUT2D eigenvalue weighted by atomic mass is 10.2. The Hall–Kier alpha value is -2.12. The predicted octanol–water partition coefficient (Wildman–Crippen LogP) is 3.90. The van der Waals surface area contributed by atoms with Crippen LogP contribution in [0, 0.1) is 13.8 Å². The molecule has 0 radical (unpaired) electrons. The van der Waals surface area contributed by atoms with Crippen LogP contribution < -0.4 is 5.56 Å². The molecule has 0 N–H and O–H groups in total. The van der Waals surface area contributed by atoms with Crippen molar-refractivity contribution in [2.75, 3.05) is 0 Å². The van der Waals surface area contributed by atoms with E-state index in [-0.39, 0.29) is 5.56 Å². The maximum Gasteiger partial charge on any atom is 0.264 e. The molecule has 1 aromatic carbocycles. The van der Waals surface area contributed by atoms with E-state index in [1.165, 1.54) is 11.8 Å². The zero-order valence-electron chi connectivity index (χ0n) is 12.8. The Balaban J connectivity index is 1.85.